The Morgan fingerprint density at radius 2 is 2.00 bits per heavy atom. The lowest BCUT2D eigenvalue weighted by Crippen LogP contribution is -2.17. The molecule has 2 N–H and O–H groups in total. The molecule has 0 spiro atoms. The summed E-state index contributed by atoms with van der Waals surface area (Å²) in [7, 11) is 0. The van der Waals surface area contributed by atoms with Crippen molar-refractivity contribution < 1.29 is 0 Å². The van der Waals surface area contributed by atoms with E-state index in [9.17, 15) is 0 Å². The first-order valence-electron chi connectivity index (χ1n) is 5.95. The topological polar surface area (TPSA) is 24.1 Å². The summed E-state index contributed by atoms with van der Waals surface area (Å²) in [5.41, 5.74) is 1.25. The molecular weight excluding hydrogens is 184 g/mol. The number of para-hydroxylation sites is 1. The van der Waals surface area contributed by atoms with Crippen molar-refractivity contribution in [3.8, 4) is 0 Å². The average molecular weight is 204 g/mol. The molecule has 0 saturated carbocycles. The second-order valence-corrected chi connectivity index (χ2v) is 4.29. The molecule has 2 heteroatoms. The Hall–Kier alpha value is -1.02. The number of benzene rings is 1. The van der Waals surface area contributed by atoms with Crippen molar-refractivity contribution in [3.63, 3.8) is 0 Å². The van der Waals surface area contributed by atoms with E-state index in [1.165, 1.54) is 38.0 Å². The van der Waals surface area contributed by atoms with Gasteiger partial charge in [-0.3, -0.25) is 0 Å². The summed E-state index contributed by atoms with van der Waals surface area (Å²) >= 11 is 0. The van der Waals surface area contributed by atoms with Crippen LogP contribution in [0.25, 0.3) is 0 Å². The molecule has 0 aromatic heterocycles. The zero-order valence-corrected chi connectivity index (χ0v) is 9.21. The minimum Gasteiger partial charge on any atom is -0.385 e. The highest BCUT2D eigenvalue weighted by Gasteiger charge is 2.10. The maximum atomic E-state index is 3.51. The molecule has 2 nitrogen and oxygen atoms in total. The Kier molecular flexibility index (Phi) is 4.03. The van der Waals surface area contributed by atoms with Gasteiger partial charge in [-0.1, -0.05) is 18.2 Å². The number of hydrogen-bond acceptors (Lipinski definition) is 2. The molecule has 1 atom stereocenters. The monoisotopic (exact) mass is 204 g/mol. The van der Waals surface area contributed by atoms with Crippen molar-refractivity contribution in [2.45, 2.75) is 19.3 Å². The van der Waals surface area contributed by atoms with Crippen LogP contribution in [0.2, 0.25) is 0 Å². The molecule has 0 amide bonds. The number of nitrogens with one attached hydrogen (secondary N) is 2. The molecule has 82 valence electrons. The zero-order valence-electron chi connectivity index (χ0n) is 9.21. The zero-order chi connectivity index (χ0) is 10.3. The lowest BCUT2D eigenvalue weighted by atomic mass is 10.0. The molecular formula is C13H20N2. The third-order valence-corrected chi connectivity index (χ3v) is 3.06. The van der Waals surface area contributed by atoms with Crippen molar-refractivity contribution in [2.75, 3.05) is 25.0 Å². The number of rotatable bonds is 3. The molecule has 1 aromatic rings. The summed E-state index contributed by atoms with van der Waals surface area (Å²) in [4.78, 5) is 0. The summed E-state index contributed by atoms with van der Waals surface area (Å²) in [6, 6.07) is 10.5. The van der Waals surface area contributed by atoms with Gasteiger partial charge >= 0.3 is 0 Å². The summed E-state index contributed by atoms with van der Waals surface area (Å²) in [5, 5.41) is 6.96. The van der Waals surface area contributed by atoms with E-state index in [0.717, 1.165) is 12.5 Å². The Morgan fingerprint density at radius 3 is 2.87 bits per heavy atom. The fourth-order valence-corrected chi connectivity index (χ4v) is 2.11. The Labute approximate surface area is 92.1 Å². The predicted molar refractivity (Wildman–Crippen MR) is 65.1 cm³/mol. The van der Waals surface area contributed by atoms with E-state index in [0.29, 0.717) is 0 Å². The second kappa shape index (κ2) is 5.76. The van der Waals surface area contributed by atoms with Crippen LogP contribution in [0.3, 0.4) is 0 Å². The summed E-state index contributed by atoms with van der Waals surface area (Å²) in [5.74, 6) is 0.834. The van der Waals surface area contributed by atoms with Gasteiger partial charge in [-0.05, 0) is 50.4 Å². The Bertz CT molecular complexity index is 263. The van der Waals surface area contributed by atoms with Crippen LogP contribution in [0.15, 0.2) is 30.3 Å². The van der Waals surface area contributed by atoms with Crippen LogP contribution >= 0.6 is 0 Å². The van der Waals surface area contributed by atoms with Gasteiger partial charge in [0.1, 0.15) is 0 Å². The fourth-order valence-electron chi connectivity index (χ4n) is 2.11. The van der Waals surface area contributed by atoms with E-state index in [4.69, 9.17) is 0 Å². The number of hydrogen-bond donors (Lipinski definition) is 2. The van der Waals surface area contributed by atoms with E-state index in [-0.39, 0.29) is 0 Å². The molecule has 1 aliphatic heterocycles. The first-order valence-corrected chi connectivity index (χ1v) is 5.95. The highest BCUT2D eigenvalue weighted by atomic mass is 14.9. The van der Waals surface area contributed by atoms with Gasteiger partial charge in [0, 0.05) is 12.2 Å². The lowest BCUT2D eigenvalue weighted by molar-refractivity contribution is 0.496. The van der Waals surface area contributed by atoms with Gasteiger partial charge in [-0.15, -0.1) is 0 Å². The van der Waals surface area contributed by atoms with Gasteiger partial charge in [0.25, 0.3) is 0 Å². The highest BCUT2D eigenvalue weighted by molar-refractivity contribution is 5.42. The minimum atomic E-state index is 0.834. The van der Waals surface area contributed by atoms with Crippen molar-refractivity contribution in [1.82, 2.24) is 5.32 Å². The molecule has 1 heterocycles. The molecule has 0 radical (unpaired) electrons. The third kappa shape index (κ3) is 3.56. The first kappa shape index (κ1) is 10.5. The van der Waals surface area contributed by atoms with E-state index < -0.39 is 0 Å². The van der Waals surface area contributed by atoms with Crippen LogP contribution in [-0.2, 0) is 0 Å². The van der Waals surface area contributed by atoms with E-state index in [1.54, 1.807) is 0 Å². The van der Waals surface area contributed by atoms with Gasteiger partial charge in [-0.25, -0.2) is 0 Å². The molecule has 1 saturated heterocycles. The van der Waals surface area contributed by atoms with Crippen molar-refractivity contribution in [3.05, 3.63) is 30.3 Å². The smallest absolute Gasteiger partial charge is 0.0340 e. The minimum absolute atomic E-state index is 0.834. The van der Waals surface area contributed by atoms with Crippen LogP contribution < -0.4 is 10.6 Å². The van der Waals surface area contributed by atoms with Crippen LogP contribution in [0, 0.1) is 5.92 Å². The van der Waals surface area contributed by atoms with Crippen LogP contribution in [0.5, 0.6) is 0 Å². The van der Waals surface area contributed by atoms with Crippen LogP contribution in [-0.4, -0.2) is 19.6 Å². The van der Waals surface area contributed by atoms with Crippen LogP contribution in [0.4, 0.5) is 5.69 Å². The second-order valence-electron chi connectivity index (χ2n) is 4.29. The standard InChI is InChI=1S/C13H20N2/c1-2-6-13(7-3-1)15-11-12-5-4-9-14-10-8-12/h1-3,6-7,12,14-15H,4-5,8-11H2. The van der Waals surface area contributed by atoms with E-state index in [2.05, 4.69) is 41.0 Å². The fraction of sp³-hybridized carbons (Fsp3) is 0.538. The molecule has 0 bridgehead atoms. The molecule has 1 unspecified atom stereocenters. The first-order chi connectivity index (χ1) is 7.45. The molecule has 1 aromatic carbocycles. The molecule has 15 heavy (non-hydrogen) atoms. The van der Waals surface area contributed by atoms with Gasteiger partial charge in [0.05, 0.1) is 0 Å². The maximum absolute atomic E-state index is 3.51. The van der Waals surface area contributed by atoms with Crippen LogP contribution in [0.1, 0.15) is 19.3 Å². The van der Waals surface area contributed by atoms with E-state index >= 15 is 0 Å². The van der Waals surface area contributed by atoms with Crippen molar-refractivity contribution >= 4 is 5.69 Å². The lowest BCUT2D eigenvalue weighted by Gasteiger charge is -2.15. The van der Waals surface area contributed by atoms with Gasteiger partial charge < -0.3 is 10.6 Å². The summed E-state index contributed by atoms with van der Waals surface area (Å²) < 4.78 is 0. The Balaban J connectivity index is 1.77. The van der Waals surface area contributed by atoms with Gasteiger partial charge in [-0.2, -0.15) is 0 Å². The predicted octanol–water partition coefficient (Wildman–Crippen LogP) is 2.49. The average Bonchev–Trinajstić information content (AvgIpc) is 2.56. The molecule has 1 aliphatic rings. The largest absolute Gasteiger partial charge is 0.385 e. The normalized spacial score (nSPS) is 22.0. The molecule has 2 rings (SSSR count). The highest BCUT2D eigenvalue weighted by Crippen LogP contribution is 2.15. The SMILES string of the molecule is c1ccc(NCC2CCCNCC2)cc1. The van der Waals surface area contributed by atoms with Crippen molar-refractivity contribution in [2.24, 2.45) is 5.92 Å². The maximum Gasteiger partial charge on any atom is 0.0340 e. The third-order valence-electron chi connectivity index (χ3n) is 3.06. The number of anilines is 1. The Morgan fingerprint density at radius 1 is 1.13 bits per heavy atom. The molecule has 1 fully saturated rings. The summed E-state index contributed by atoms with van der Waals surface area (Å²) in [6.07, 6.45) is 3.98. The van der Waals surface area contributed by atoms with E-state index in [1.807, 2.05) is 0 Å². The summed E-state index contributed by atoms with van der Waals surface area (Å²) in [6.45, 7) is 3.49. The van der Waals surface area contributed by atoms with Gasteiger partial charge in [0.2, 0.25) is 0 Å². The van der Waals surface area contributed by atoms with Crippen molar-refractivity contribution in [1.29, 1.82) is 0 Å². The quantitative estimate of drug-likeness (QED) is 0.790. The van der Waals surface area contributed by atoms with Gasteiger partial charge in [0.15, 0.2) is 0 Å². The molecule has 0 aliphatic carbocycles.